The monoisotopic (exact) mass is 649 g/mol. The van der Waals surface area contributed by atoms with Crippen molar-refractivity contribution in [1.82, 2.24) is 4.98 Å². The lowest BCUT2D eigenvalue weighted by Crippen LogP contribution is -2.39. The molecule has 5 rings (SSSR count). The Kier molecular flexibility index (Phi) is 8.79. The van der Waals surface area contributed by atoms with Gasteiger partial charge in [0.05, 0.1) is 23.0 Å². The predicted molar refractivity (Wildman–Crippen MR) is 173 cm³/mol. The summed E-state index contributed by atoms with van der Waals surface area (Å²) in [5, 5.41) is 0. The summed E-state index contributed by atoms with van der Waals surface area (Å²) < 4.78 is 61.1. The van der Waals surface area contributed by atoms with E-state index in [0.29, 0.717) is 12.0 Å². The molecule has 2 heterocycles. The molecule has 2 aromatic rings. The van der Waals surface area contributed by atoms with E-state index in [1.54, 1.807) is 12.1 Å². The number of rotatable bonds is 6. The standard InChI is InChI=1S/C36H50F3NO4S/c1-11-45(10,33(5,6)7)44-25-20-34(8,9)32(42-22(4)41)30-26(25)28-27(29(40-30)21(2)3)31(43-35(28)18-12-13-19-35)23-14-16-24(17-15-23)36(37,38)39/h14-17,21,25,31-32H,11-13,18-20H2,1-10H3/t25-,31+,32-/m0/s1. The number of aromatic nitrogens is 1. The minimum atomic E-state index is -4.42. The predicted octanol–water partition coefficient (Wildman–Crippen LogP) is 10.4. The first-order valence-electron chi connectivity index (χ1n) is 16.3. The van der Waals surface area contributed by atoms with Crippen molar-refractivity contribution < 1.29 is 31.6 Å². The van der Waals surface area contributed by atoms with Gasteiger partial charge in [-0.25, -0.2) is 0 Å². The van der Waals surface area contributed by atoms with Crippen LogP contribution in [-0.2, 0) is 30.2 Å². The molecule has 1 fully saturated rings. The summed E-state index contributed by atoms with van der Waals surface area (Å²) in [6, 6.07) is 5.38. The zero-order valence-corrected chi connectivity index (χ0v) is 29.3. The first-order chi connectivity index (χ1) is 20.7. The molecule has 5 nitrogen and oxygen atoms in total. The van der Waals surface area contributed by atoms with Crippen molar-refractivity contribution in [1.29, 1.82) is 0 Å². The molecule has 0 radical (unpaired) electrons. The zero-order chi connectivity index (χ0) is 33.3. The van der Waals surface area contributed by atoms with Crippen molar-refractivity contribution in [2.24, 2.45) is 5.41 Å². The Morgan fingerprint density at radius 1 is 1.09 bits per heavy atom. The van der Waals surface area contributed by atoms with Gasteiger partial charge in [-0.2, -0.15) is 13.2 Å². The fourth-order valence-corrected chi connectivity index (χ4v) is 9.50. The molecular weight excluding hydrogens is 599 g/mol. The lowest BCUT2D eigenvalue weighted by atomic mass is 9.68. The van der Waals surface area contributed by atoms with Gasteiger partial charge in [-0.15, -0.1) is 10.3 Å². The Morgan fingerprint density at radius 2 is 1.69 bits per heavy atom. The van der Waals surface area contributed by atoms with Crippen molar-refractivity contribution in [3.8, 4) is 0 Å². The maximum Gasteiger partial charge on any atom is 0.416 e. The number of benzene rings is 1. The molecule has 45 heavy (non-hydrogen) atoms. The Morgan fingerprint density at radius 3 is 2.18 bits per heavy atom. The average molecular weight is 650 g/mol. The molecule has 1 saturated carbocycles. The van der Waals surface area contributed by atoms with Crippen molar-refractivity contribution >= 4 is 16.3 Å². The second kappa shape index (κ2) is 11.6. The molecule has 0 N–H and O–H groups in total. The van der Waals surface area contributed by atoms with E-state index in [9.17, 15) is 18.0 Å². The molecule has 1 spiro atoms. The van der Waals surface area contributed by atoms with Gasteiger partial charge in [0, 0.05) is 33.9 Å². The molecule has 0 saturated heterocycles. The number of hydrogen-bond donors (Lipinski definition) is 0. The van der Waals surface area contributed by atoms with Crippen LogP contribution in [0.4, 0.5) is 13.2 Å². The van der Waals surface area contributed by atoms with Crippen LogP contribution in [0.2, 0.25) is 0 Å². The van der Waals surface area contributed by atoms with Crippen LogP contribution in [0.1, 0.15) is 158 Å². The number of alkyl halides is 3. The molecule has 1 unspecified atom stereocenters. The Labute approximate surface area is 268 Å². The molecule has 250 valence electrons. The highest BCUT2D eigenvalue weighted by Crippen LogP contribution is 2.66. The van der Waals surface area contributed by atoms with Crippen LogP contribution in [0.3, 0.4) is 0 Å². The second-order valence-electron chi connectivity index (χ2n) is 15.2. The molecule has 0 amide bonds. The fraction of sp³-hybridized carbons (Fsp3) is 0.667. The third kappa shape index (κ3) is 5.95. The van der Waals surface area contributed by atoms with E-state index in [0.717, 1.165) is 71.6 Å². The van der Waals surface area contributed by atoms with Gasteiger partial charge in [-0.1, -0.05) is 80.4 Å². The summed E-state index contributed by atoms with van der Waals surface area (Å²) in [6.45, 7) is 18.7. The topological polar surface area (TPSA) is 57.7 Å². The van der Waals surface area contributed by atoms with Gasteiger partial charge in [0.15, 0.2) is 0 Å². The molecule has 9 heteroatoms. The van der Waals surface area contributed by atoms with Gasteiger partial charge in [-0.3, -0.25) is 9.78 Å². The van der Waals surface area contributed by atoms with Crippen LogP contribution < -0.4 is 0 Å². The smallest absolute Gasteiger partial charge is 0.416 e. The minimum Gasteiger partial charge on any atom is -0.455 e. The number of carbonyl (C=O) groups is 1. The number of carbonyl (C=O) groups excluding carboxylic acids is 1. The van der Waals surface area contributed by atoms with Gasteiger partial charge in [0.2, 0.25) is 0 Å². The van der Waals surface area contributed by atoms with Crippen LogP contribution in [0.5, 0.6) is 0 Å². The number of halogens is 3. The summed E-state index contributed by atoms with van der Waals surface area (Å²) in [6.07, 6.45) is 0.583. The lowest BCUT2D eigenvalue weighted by molar-refractivity contribution is -0.156. The van der Waals surface area contributed by atoms with Gasteiger partial charge < -0.3 is 13.7 Å². The second-order valence-corrected chi connectivity index (χ2v) is 19.2. The minimum absolute atomic E-state index is 0.00959. The van der Waals surface area contributed by atoms with Crippen LogP contribution in [0.25, 0.3) is 0 Å². The largest absolute Gasteiger partial charge is 0.455 e. The summed E-state index contributed by atoms with van der Waals surface area (Å²) in [5.74, 6) is 0.510. The van der Waals surface area contributed by atoms with Crippen LogP contribution in [-0.4, -0.2) is 27.7 Å². The number of fused-ring (bicyclic) bond motifs is 4. The van der Waals surface area contributed by atoms with Crippen molar-refractivity contribution in [3.05, 3.63) is 63.5 Å². The van der Waals surface area contributed by atoms with Gasteiger partial charge in [0.1, 0.15) is 12.2 Å². The van der Waals surface area contributed by atoms with E-state index in [1.807, 2.05) is 0 Å². The van der Waals surface area contributed by atoms with E-state index in [2.05, 4.69) is 61.6 Å². The third-order valence-electron chi connectivity index (χ3n) is 10.3. The molecular formula is C36H50F3NO4S. The Hall–Kier alpha value is -2.10. The summed E-state index contributed by atoms with van der Waals surface area (Å²) in [7, 11) is -1.57. The highest BCUT2D eigenvalue weighted by atomic mass is 32.3. The normalized spacial score (nSPS) is 26.0. The summed E-state index contributed by atoms with van der Waals surface area (Å²) in [4.78, 5) is 17.9. The lowest BCUT2D eigenvalue weighted by Gasteiger charge is -2.52. The number of hydrogen-bond acceptors (Lipinski definition) is 5. The van der Waals surface area contributed by atoms with Crippen LogP contribution in [0.15, 0.2) is 24.3 Å². The van der Waals surface area contributed by atoms with Crippen molar-refractivity contribution in [2.75, 3.05) is 12.0 Å². The molecule has 1 aliphatic heterocycles. The van der Waals surface area contributed by atoms with Gasteiger partial charge in [0.25, 0.3) is 0 Å². The highest BCUT2D eigenvalue weighted by Gasteiger charge is 2.56. The number of pyridine rings is 1. The number of nitrogens with zero attached hydrogens (tertiary/aromatic N) is 1. The highest BCUT2D eigenvalue weighted by molar-refractivity contribution is 8.30. The first kappa shape index (κ1) is 34.2. The maximum absolute atomic E-state index is 13.5. The third-order valence-corrected chi connectivity index (χ3v) is 14.7. The molecule has 1 aromatic heterocycles. The van der Waals surface area contributed by atoms with Crippen LogP contribution >= 0.6 is 10.3 Å². The molecule has 2 aliphatic carbocycles. The number of ether oxygens (including phenoxy) is 2. The SMILES string of the molecule is CCS(C)(O[C@H]1CC(C)(C)[C@@H](OC(C)=O)c2nc(C(C)C)c3c(c21)C1(CCCC1)O[C@@H]3c1ccc(C(F)(F)F)cc1)C(C)(C)C. The van der Waals surface area contributed by atoms with Crippen molar-refractivity contribution in [2.45, 2.75) is 135 Å². The molecule has 4 atom stereocenters. The Balaban J connectivity index is 1.83. The molecule has 3 aliphatic rings. The zero-order valence-electron chi connectivity index (χ0n) is 28.5. The quantitative estimate of drug-likeness (QED) is 0.292. The van der Waals surface area contributed by atoms with Crippen molar-refractivity contribution in [3.63, 3.8) is 0 Å². The van der Waals surface area contributed by atoms with E-state index < -0.39 is 45.3 Å². The average Bonchev–Trinajstić information content (AvgIpc) is 3.54. The Bertz CT molecular complexity index is 1440. The number of esters is 1. The van der Waals surface area contributed by atoms with E-state index in [1.165, 1.54) is 6.92 Å². The maximum atomic E-state index is 13.5. The van der Waals surface area contributed by atoms with Crippen LogP contribution in [0, 0.1) is 5.41 Å². The molecule has 1 aromatic carbocycles. The van der Waals surface area contributed by atoms with E-state index >= 15 is 0 Å². The van der Waals surface area contributed by atoms with Gasteiger partial charge in [-0.05, 0) is 60.4 Å². The molecule has 0 bridgehead atoms. The first-order valence-corrected chi connectivity index (χ1v) is 18.4. The summed E-state index contributed by atoms with van der Waals surface area (Å²) in [5.41, 5.74) is 3.48. The van der Waals surface area contributed by atoms with E-state index in [4.69, 9.17) is 18.6 Å². The van der Waals surface area contributed by atoms with E-state index in [-0.39, 0.29) is 22.7 Å². The summed E-state index contributed by atoms with van der Waals surface area (Å²) >= 11 is 0. The fourth-order valence-electron chi connectivity index (χ4n) is 7.53. The van der Waals surface area contributed by atoms with Gasteiger partial charge >= 0.3 is 12.1 Å².